The van der Waals surface area contributed by atoms with Crippen molar-refractivity contribution in [2.24, 2.45) is 0 Å². The minimum atomic E-state index is -0.344. The van der Waals surface area contributed by atoms with Crippen molar-refractivity contribution in [2.75, 3.05) is 11.9 Å². The Bertz CT molecular complexity index is 876. The van der Waals surface area contributed by atoms with Crippen LogP contribution in [0.4, 0.5) is 5.13 Å². The van der Waals surface area contributed by atoms with E-state index in [1.807, 2.05) is 30.3 Å². The highest BCUT2D eigenvalue weighted by Gasteiger charge is 2.19. The fraction of sp³-hybridized carbons (Fsp3) is 0.188. The maximum Gasteiger partial charge on any atom is 0.311 e. The van der Waals surface area contributed by atoms with E-state index in [2.05, 4.69) is 19.9 Å². The van der Waals surface area contributed by atoms with Gasteiger partial charge in [0.2, 0.25) is 0 Å². The molecule has 25 heavy (non-hydrogen) atoms. The second-order valence-corrected chi connectivity index (χ2v) is 6.51. The minimum Gasteiger partial charge on any atom is -0.466 e. The van der Waals surface area contributed by atoms with E-state index in [-0.39, 0.29) is 18.3 Å². The summed E-state index contributed by atoms with van der Waals surface area (Å²) < 4.78 is 8.76. The molecule has 0 spiro atoms. The molecule has 0 aliphatic rings. The number of carbonyl (C=O) groups excluding carboxylic acids is 2. The molecule has 0 radical (unpaired) electrons. The molecular formula is C16H14N4O3S2. The van der Waals surface area contributed by atoms with E-state index in [0.29, 0.717) is 28.0 Å². The van der Waals surface area contributed by atoms with Crippen molar-refractivity contribution >= 4 is 39.9 Å². The van der Waals surface area contributed by atoms with Gasteiger partial charge in [0.25, 0.3) is 5.91 Å². The van der Waals surface area contributed by atoms with E-state index in [1.54, 1.807) is 12.3 Å². The van der Waals surface area contributed by atoms with Gasteiger partial charge in [0.15, 0.2) is 5.13 Å². The highest BCUT2D eigenvalue weighted by Crippen LogP contribution is 2.25. The molecule has 7 nitrogen and oxygen atoms in total. The van der Waals surface area contributed by atoms with Crippen molar-refractivity contribution in [1.82, 2.24) is 14.6 Å². The summed E-state index contributed by atoms with van der Waals surface area (Å²) >= 11 is 2.28. The zero-order chi connectivity index (χ0) is 17.6. The third-order valence-electron chi connectivity index (χ3n) is 3.14. The van der Waals surface area contributed by atoms with E-state index in [9.17, 15) is 9.59 Å². The normalized spacial score (nSPS) is 10.4. The lowest BCUT2D eigenvalue weighted by Crippen LogP contribution is -2.12. The molecule has 1 amide bonds. The number of ether oxygens (including phenoxy) is 1. The quantitative estimate of drug-likeness (QED) is 0.667. The predicted octanol–water partition coefficient (Wildman–Crippen LogP) is 3.02. The molecule has 0 aliphatic heterocycles. The van der Waals surface area contributed by atoms with Gasteiger partial charge in [-0.25, -0.2) is 4.98 Å². The molecule has 3 rings (SSSR count). The van der Waals surface area contributed by atoms with Gasteiger partial charge in [0, 0.05) is 10.9 Å². The van der Waals surface area contributed by atoms with Gasteiger partial charge in [-0.1, -0.05) is 34.8 Å². The molecule has 0 atom stereocenters. The first-order valence-corrected chi connectivity index (χ1v) is 9.12. The van der Waals surface area contributed by atoms with Crippen LogP contribution in [-0.4, -0.2) is 33.1 Å². The SMILES string of the molecule is CCOC(=O)Cc1csc(NC(=O)c2snnc2-c2ccccc2)n1. The van der Waals surface area contributed by atoms with Crippen molar-refractivity contribution < 1.29 is 14.3 Å². The van der Waals surface area contributed by atoms with Crippen molar-refractivity contribution in [3.8, 4) is 11.3 Å². The molecule has 9 heteroatoms. The predicted molar refractivity (Wildman–Crippen MR) is 95.7 cm³/mol. The lowest BCUT2D eigenvalue weighted by molar-refractivity contribution is -0.142. The van der Waals surface area contributed by atoms with Crippen LogP contribution in [-0.2, 0) is 16.0 Å². The first-order valence-electron chi connectivity index (χ1n) is 7.46. The number of aromatic nitrogens is 3. The number of thiazole rings is 1. The number of rotatable bonds is 6. The molecule has 0 saturated carbocycles. The Kier molecular flexibility index (Phi) is 5.46. The summed E-state index contributed by atoms with van der Waals surface area (Å²) in [6.45, 7) is 2.07. The van der Waals surface area contributed by atoms with Crippen LogP contribution in [0.5, 0.6) is 0 Å². The zero-order valence-electron chi connectivity index (χ0n) is 13.3. The monoisotopic (exact) mass is 374 g/mol. The summed E-state index contributed by atoms with van der Waals surface area (Å²) in [6.07, 6.45) is 0.0809. The number of amides is 1. The highest BCUT2D eigenvalue weighted by molar-refractivity contribution is 7.14. The summed E-state index contributed by atoms with van der Waals surface area (Å²) in [5.41, 5.74) is 1.92. The van der Waals surface area contributed by atoms with Gasteiger partial charge in [-0.15, -0.1) is 16.4 Å². The van der Waals surface area contributed by atoms with Crippen LogP contribution in [0.1, 0.15) is 22.3 Å². The van der Waals surface area contributed by atoms with Crippen molar-refractivity contribution in [2.45, 2.75) is 13.3 Å². The number of nitrogens with zero attached hydrogens (tertiary/aromatic N) is 3. The highest BCUT2D eigenvalue weighted by atomic mass is 32.1. The third-order valence-corrected chi connectivity index (χ3v) is 4.68. The Morgan fingerprint density at radius 3 is 2.80 bits per heavy atom. The molecule has 0 bridgehead atoms. The Balaban J connectivity index is 1.71. The number of nitrogens with one attached hydrogen (secondary N) is 1. The lowest BCUT2D eigenvalue weighted by atomic mass is 10.1. The van der Waals surface area contributed by atoms with Gasteiger partial charge in [0.1, 0.15) is 10.6 Å². The van der Waals surface area contributed by atoms with Gasteiger partial charge in [-0.05, 0) is 18.5 Å². The van der Waals surface area contributed by atoms with Crippen LogP contribution in [0.2, 0.25) is 0 Å². The van der Waals surface area contributed by atoms with Gasteiger partial charge in [-0.2, -0.15) is 0 Å². The summed E-state index contributed by atoms with van der Waals surface area (Å²) in [4.78, 5) is 28.6. The van der Waals surface area contributed by atoms with Gasteiger partial charge in [-0.3, -0.25) is 14.9 Å². The third kappa shape index (κ3) is 4.25. The van der Waals surface area contributed by atoms with Crippen molar-refractivity contribution in [3.05, 3.63) is 46.3 Å². The second kappa shape index (κ2) is 7.95. The van der Waals surface area contributed by atoms with Crippen LogP contribution < -0.4 is 5.32 Å². The molecule has 2 heterocycles. The topological polar surface area (TPSA) is 94.1 Å². The van der Waals surface area contributed by atoms with Gasteiger partial charge < -0.3 is 4.74 Å². The Labute approximate surface area is 151 Å². The number of carbonyl (C=O) groups is 2. The average Bonchev–Trinajstić information content (AvgIpc) is 3.25. The fourth-order valence-corrected chi connectivity index (χ4v) is 3.37. The Hall–Kier alpha value is -2.65. The van der Waals surface area contributed by atoms with Gasteiger partial charge >= 0.3 is 5.97 Å². The standard InChI is InChI=1S/C16H14N4O3S2/c1-2-23-12(21)8-11-9-24-16(17-11)18-15(22)14-13(19-20-25-14)10-6-4-3-5-7-10/h3-7,9H,2,8H2,1H3,(H,17,18,22). The van der Waals surface area contributed by atoms with E-state index in [1.165, 1.54) is 11.3 Å². The molecule has 0 aliphatic carbocycles. The summed E-state index contributed by atoms with van der Waals surface area (Å²) in [7, 11) is 0. The lowest BCUT2D eigenvalue weighted by Gasteiger charge is -2.01. The molecule has 1 N–H and O–H groups in total. The van der Waals surface area contributed by atoms with Crippen LogP contribution in [0.25, 0.3) is 11.3 Å². The van der Waals surface area contributed by atoms with E-state index in [0.717, 1.165) is 17.1 Å². The van der Waals surface area contributed by atoms with Crippen LogP contribution >= 0.6 is 22.9 Å². The number of anilines is 1. The van der Waals surface area contributed by atoms with E-state index in [4.69, 9.17) is 4.74 Å². The summed E-state index contributed by atoms with van der Waals surface area (Å²) in [6, 6.07) is 9.38. The second-order valence-electron chi connectivity index (χ2n) is 4.90. The van der Waals surface area contributed by atoms with Crippen LogP contribution in [0.3, 0.4) is 0 Å². The van der Waals surface area contributed by atoms with Crippen LogP contribution in [0.15, 0.2) is 35.7 Å². The maximum atomic E-state index is 12.5. The first-order chi connectivity index (χ1) is 12.2. The molecule has 0 saturated heterocycles. The molecule has 1 aromatic carbocycles. The van der Waals surface area contributed by atoms with E-state index < -0.39 is 0 Å². The number of benzene rings is 1. The molecular weight excluding hydrogens is 360 g/mol. The Morgan fingerprint density at radius 1 is 1.24 bits per heavy atom. The van der Waals surface area contributed by atoms with Crippen molar-refractivity contribution in [3.63, 3.8) is 0 Å². The number of hydrogen-bond donors (Lipinski definition) is 1. The van der Waals surface area contributed by atoms with E-state index >= 15 is 0 Å². The zero-order valence-corrected chi connectivity index (χ0v) is 14.9. The largest absolute Gasteiger partial charge is 0.466 e. The smallest absolute Gasteiger partial charge is 0.311 e. The molecule has 0 unspecified atom stereocenters. The summed E-state index contributed by atoms with van der Waals surface area (Å²) in [5, 5.41) is 8.90. The first kappa shape index (κ1) is 17.2. The Morgan fingerprint density at radius 2 is 2.04 bits per heavy atom. The summed E-state index contributed by atoms with van der Waals surface area (Å²) in [5.74, 6) is -0.672. The molecule has 128 valence electrons. The molecule has 0 fully saturated rings. The van der Waals surface area contributed by atoms with Crippen molar-refractivity contribution in [1.29, 1.82) is 0 Å². The van der Waals surface area contributed by atoms with Crippen LogP contribution in [0, 0.1) is 0 Å². The number of esters is 1. The molecule has 2 aromatic heterocycles. The number of hydrogen-bond acceptors (Lipinski definition) is 8. The average molecular weight is 374 g/mol. The fourth-order valence-electron chi connectivity index (χ4n) is 2.08. The minimum absolute atomic E-state index is 0.0809. The van der Waals surface area contributed by atoms with Gasteiger partial charge in [0.05, 0.1) is 18.7 Å². The molecule has 3 aromatic rings. The maximum absolute atomic E-state index is 12.5.